The molecule has 2 unspecified atom stereocenters. The summed E-state index contributed by atoms with van der Waals surface area (Å²) in [5.41, 5.74) is -0.0312. The van der Waals surface area contributed by atoms with Crippen LogP contribution in [0.15, 0.2) is 12.1 Å². The third kappa shape index (κ3) is 4.66. The van der Waals surface area contributed by atoms with Crippen LogP contribution in [0.5, 0.6) is 0 Å². The minimum atomic E-state index is -0.741. The van der Waals surface area contributed by atoms with E-state index in [1.165, 1.54) is 6.07 Å². The summed E-state index contributed by atoms with van der Waals surface area (Å²) in [6, 6.07) is 3.05. The first kappa shape index (κ1) is 21.1. The van der Waals surface area contributed by atoms with Crippen molar-refractivity contribution in [3.05, 3.63) is 25.8 Å². The van der Waals surface area contributed by atoms with Crippen molar-refractivity contribution in [1.82, 2.24) is 0 Å². The molecule has 2 atom stereocenters. The Kier molecular flexibility index (Phi) is 5.49. The van der Waals surface area contributed by atoms with Gasteiger partial charge in [-0.15, -0.1) is 0 Å². The highest BCUT2D eigenvalue weighted by atomic mass is 127. The molecule has 9 nitrogen and oxygen atoms in total. The van der Waals surface area contributed by atoms with E-state index < -0.39 is 22.4 Å². The SMILES string of the molecule is CC(C)(C)OC(=O)Nc1cc(N2CC3OC(C)(C)OC3C2)c(I)cc1[N+](=O)[O-]. The number of carbonyl (C=O) groups is 1. The normalized spacial score (nSPS) is 23.4. The van der Waals surface area contributed by atoms with E-state index in [2.05, 4.69) is 32.8 Å². The number of benzene rings is 1. The zero-order chi connectivity index (χ0) is 20.9. The first-order valence-corrected chi connectivity index (χ1v) is 10.0. The van der Waals surface area contributed by atoms with Gasteiger partial charge in [0, 0.05) is 22.7 Å². The molecule has 0 aromatic heterocycles. The number of ether oxygens (including phenoxy) is 3. The van der Waals surface area contributed by atoms with Crippen LogP contribution < -0.4 is 10.2 Å². The molecule has 0 saturated carbocycles. The second-order valence-corrected chi connectivity index (χ2v) is 9.48. The summed E-state index contributed by atoms with van der Waals surface area (Å²) in [5, 5.41) is 14.0. The van der Waals surface area contributed by atoms with E-state index >= 15 is 0 Å². The number of nitrogens with one attached hydrogen (secondary N) is 1. The lowest BCUT2D eigenvalue weighted by Crippen LogP contribution is -2.30. The zero-order valence-electron chi connectivity index (χ0n) is 16.4. The van der Waals surface area contributed by atoms with E-state index in [1.54, 1.807) is 26.8 Å². The second-order valence-electron chi connectivity index (χ2n) is 8.32. The van der Waals surface area contributed by atoms with Gasteiger partial charge in [0.05, 0.1) is 10.6 Å². The molecule has 3 rings (SSSR count). The molecule has 1 aromatic carbocycles. The summed E-state index contributed by atoms with van der Waals surface area (Å²) in [7, 11) is 0. The first-order valence-electron chi connectivity index (χ1n) is 8.93. The summed E-state index contributed by atoms with van der Waals surface area (Å²) in [6.45, 7) is 10.2. The number of fused-ring (bicyclic) bond motifs is 1. The molecular weight excluding hydrogens is 481 g/mol. The average molecular weight is 505 g/mol. The molecule has 2 fully saturated rings. The van der Waals surface area contributed by atoms with Crippen LogP contribution in [0.3, 0.4) is 0 Å². The number of nitro benzene ring substituents is 1. The molecule has 2 aliphatic rings. The van der Waals surface area contributed by atoms with E-state index in [4.69, 9.17) is 14.2 Å². The van der Waals surface area contributed by atoms with Crippen LogP contribution in [0.2, 0.25) is 0 Å². The van der Waals surface area contributed by atoms with Crippen molar-refractivity contribution in [2.75, 3.05) is 23.3 Å². The van der Waals surface area contributed by atoms with Crippen LogP contribution in [0.1, 0.15) is 34.6 Å². The summed E-state index contributed by atoms with van der Waals surface area (Å²) >= 11 is 2.06. The Morgan fingerprint density at radius 2 is 1.89 bits per heavy atom. The van der Waals surface area contributed by atoms with E-state index in [9.17, 15) is 14.9 Å². The molecule has 2 saturated heterocycles. The van der Waals surface area contributed by atoms with Gasteiger partial charge in [-0.2, -0.15) is 0 Å². The van der Waals surface area contributed by atoms with Gasteiger partial charge in [0.25, 0.3) is 5.69 Å². The Bertz CT molecular complexity index is 791. The largest absolute Gasteiger partial charge is 0.444 e. The molecule has 2 heterocycles. The van der Waals surface area contributed by atoms with Crippen molar-refractivity contribution < 1.29 is 23.9 Å². The predicted molar refractivity (Wildman–Crippen MR) is 112 cm³/mol. The molecule has 0 radical (unpaired) electrons. The molecule has 2 aliphatic heterocycles. The number of hydrogen-bond acceptors (Lipinski definition) is 7. The number of halogens is 1. The van der Waals surface area contributed by atoms with Crippen molar-refractivity contribution >= 4 is 45.7 Å². The third-order valence-corrected chi connectivity index (χ3v) is 5.19. The van der Waals surface area contributed by atoms with E-state index in [0.717, 1.165) is 5.69 Å². The maximum Gasteiger partial charge on any atom is 0.412 e. The van der Waals surface area contributed by atoms with Crippen LogP contribution in [0.4, 0.5) is 21.9 Å². The van der Waals surface area contributed by atoms with Gasteiger partial charge in [0.1, 0.15) is 23.5 Å². The smallest absolute Gasteiger partial charge is 0.412 e. The number of hydrogen-bond donors (Lipinski definition) is 1. The number of amides is 1. The molecule has 1 aromatic rings. The Labute approximate surface area is 177 Å². The van der Waals surface area contributed by atoms with E-state index in [0.29, 0.717) is 16.7 Å². The summed E-state index contributed by atoms with van der Waals surface area (Å²) in [5.74, 6) is -0.604. The van der Waals surface area contributed by atoms with Crippen molar-refractivity contribution in [3.63, 3.8) is 0 Å². The highest BCUT2D eigenvalue weighted by Gasteiger charge is 2.47. The first-order chi connectivity index (χ1) is 12.8. The lowest BCUT2D eigenvalue weighted by atomic mass is 10.2. The number of nitrogens with zero attached hydrogens (tertiary/aromatic N) is 2. The van der Waals surface area contributed by atoms with Crippen molar-refractivity contribution in [1.29, 1.82) is 0 Å². The molecule has 0 aliphatic carbocycles. The minimum Gasteiger partial charge on any atom is -0.444 e. The van der Waals surface area contributed by atoms with Gasteiger partial charge in [-0.25, -0.2) is 4.79 Å². The van der Waals surface area contributed by atoms with Gasteiger partial charge in [-0.05, 0) is 63.3 Å². The fourth-order valence-corrected chi connectivity index (χ4v) is 4.17. The Morgan fingerprint density at radius 3 is 2.39 bits per heavy atom. The molecule has 0 spiro atoms. The van der Waals surface area contributed by atoms with Crippen LogP contribution in [-0.2, 0) is 14.2 Å². The zero-order valence-corrected chi connectivity index (χ0v) is 18.6. The van der Waals surface area contributed by atoms with Gasteiger partial charge in [0.15, 0.2) is 5.79 Å². The maximum atomic E-state index is 12.1. The lowest BCUT2D eigenvalue weighted by Gasteiger charge is -2.25. The summed E-state index contributed by atoms with van der Waals surface area (Å²) in [4.78, 5) is 25.1. The van der Waals surface area contributed by atoms with Gasteiger partial charge in [-0.3, -0.25) is 15.4 Å². The monoisotopic (exact) mass is 505 g/mol. The Morgan fingerprint density at radius 1 is 1.32 bits per heavy atom. The number of anilines is 2. The minimum absolute atomic E-state index is 0.0664. The Balaban J connectivity index is 1.85. The average Bonchev–Trinajstić information content (AvgIpc) is 2.99. The van der Waals surface area contributed by atoms with Gasteiger partial charge in [-0.1, -0.05) is 0 Å². The molecule has 10 heteroatoms. The number of carbonyl (C=O) groups excluding carboxylic acids is 1. The molecule has 154 valence electrons. The van der Waals surface area contributed by atoms with Crippen LogP contribution in [0, 0.1) is 13.7 Å². The van der Waals surface area contributed by atoms with E-state index in [-0.39, 0.29) is 23.6 Å². The summed E-state index contributed by atoms with van der Waals surface area (Å²) in [6.07, 6.45) is -0.874. The van der Waals surface area contributed by atoms with Gasteiger partial charge >= 0.3 is 6.09 Å². The molecule has 0 bridgehead atoms. The van der Waals surface area contributed by atoms with E-state index in [1.807, 2.05) is 13.8 Å². The van der Waals surface area contributed by atoms with Crippen molar-refractivity contribution in [2.45, 2.75) is 58.2 Å². The van der Waals surface area contributed by atoms with Crippen LogP contribution >= 0.6 is 22.6 Å². The highest BCUT2D eigenvalue weighted by Crippen LogP contribution is 2.39. The predicted octanol–water partition coefficient (Wildman–Crippen LogP) is 3.89. The molecule has 1 amide bonds. The maximum absolute atomic E-state index is 12.1. The van der Waals surface area contributed by atoms with Crippen molar-refractivity contribution in [3.8, 4) is 0 Å². The van der Waals surface area contributed by atoms with Crippen molar-refractivity contribution in [2.24, 2.45) is 0 Å². The van der Waals surface area contributed by atoms with Gasteiger partial charge < -0.3 is 19.1 Å². The fourth-order valence-electron chi connectivity index (χ4n) is 3.38. The second kappa shape index (κ2) is 7.30. The molecule has 1 N–H and O–H groups in total. The fraction of sp³-hybridized carbons (Fsp3) is 0.611. The lowest BCUT2D eigenvalue weighted by molar-refractivity contribution is -0.384. The third-order valence-electron chi connectivity index (χ3n) is 4.32. The number of rotatable bonds is 3. The quantitative estimate of drug-likeness (QED) is 0.378. The highest BCUT2D eigenvalue weighted by molar-refractivity contribution is 14.1. The number of nitro groups is 1. The molecule has 28 heavy (non-hydrogen) atoms. The summed E-state index contributed by atoms with van der Waals surface area (Å²) < 4.78 is 17.8. The topological polar surface area (TPSA) is 103 Å². The van der Waals surface area contributed by atoms with Gasteiger partial charge in [0.2, 0.25) is 0 Å². The van der Waals surface area contributed by atoms with Crippen LogP contribution in [0.25, 0.3) is 0 Å². The Hall–Kier alpha value is -1.66. The van der Waals surface area contributed by atoms with Crippen LogP contribution in [-0.4, -0.2) is 47.7 Å². The standard InChI is InChI=1S/C18H24IN3O6/c1-17(2,3)28-16(23)20-11-7-12(10(19)6-13(11)22(24)25)21-8-14-15(9-21)27-18(4,5)26-14/h6-7,14-15H,8-9H2,1-5H3,(H,20,23). The molecular formula is C18H24IN3O6.